The van der Waals surface area contributed by atoms with Gasteiger partial charge in [0.2, 0.25) is 0 Å². The molecule has 3 amide bonds. The van der Waals surface area contributed by atoms with Crippen molar-refractivity contribution in [3.05, 3.63) is 88.2 Å². The van der Waals surface area contributed by atoms with E-state index in [1.807, 2.05) is 45.0 Å². The third-order valence-corrected chi connectivity index (χ3v) is 6.60. The van der Waals surface area contributed by atoms with E-state index in [9.17, 15) is 23.2 Å². The first-order valence-electron chi connectivity index (χ1n) is 12.6. The van der Waals surface area contributed by atoms with Crippen LogP contribution in [-0.2, 0) is 30.3 Å². The van der Waals surface area contributed by atoms with Crippen molar-refractivity contribution in [2.45, 2.75) is 45.4 Å². The summed E-state index contributed by atoms with van der Waals surface area (Å²) in [6.07, 6.45) is -1.35. The lowest BCUT2D eigenvalue weighted by Crippen LogP contribution is -2.53. The molecule has 1 unspecified atom stereocenters. The summed E-state index contributed by atoms with van der Waals surface area (Å²) >= 11 is 0. The van der Waals surface area contributed by atoms with Gasteiger partial charge in [-0.25, -0.2) is 8.78 Å². The second kappa shape index (κ2) is 10.9. The number of nitrogens with zero attached hydrogens (tertiary/aromatic N) is 4. The molecular formula is C28H32F2N6O3. The number of nitrogens with two attached hydrogens (primary N) is 1. The predicted octanol–water partition coefficient (Wildman–Crippen LogP) is 2.70. The molecule has 0 saturated carbocycles. The second-order valence-corrected chi connectivity index (χ2v) is 10.6. The molecule has 1 aliphatic rings. The summed E-state index contributed by atoms with van der Waals surface area (Å²) < 4.78 is 29.2. The first-order chi connectivity index (χ1) is 18.4. The number of amides is 3. The van der Waals surface area contributed by atoms with Crippen LogP contribution in [0.3, 0.4) is 0 Å². The Kier molecular flexibility index (Phi) is 7.82. The molecule has 4 rings (SSSR count). The molecule has 0 aliphatic carbocycles. The van der Waals surface area contributed by atoms with E-state index in [1.165, 1.54) is 9.58 Å². The van der Waals surface area contributed by atoms with Gasteiger partial charge in [-0.1, -0.05) is 45.0 Å². The maximum atomic E-state index is 13.9. The number of nitrogens with one attached hydrogen (secondary N) is 1. The zero-order valence-electron chi connectivity index (χ0n) is 22.4. The Balaban J connectivity index is 1.66. The summed E-state index contributed by atoms with van der Waals surface area (Å²) in [5.41, 5.74) is 7.75. The largest absolute Gasteiger partial charge is 0.349 e. The normalized spacial score (nSPS) is 15.5. The fraction of sp³-hybridized carbons (Fsp3) is 0.357. The number of aromatic nitrogens is 2. The van der Waals surface area contributed by atoms with Crippen molar-refractivity contribution in [1.29, 1.82) is 0 Å². The van der Waals surface area contributed by atoms with Crippen LogP contribution in [0.25, 0.3) is 0 Å². The molecule has 1 aromatic heterocycles. The van der Waals surface area contributed by atoms with Crippen LogP contribution in [0.15, 0.2) is 48.5 Å². The maximum Gasteiger partial charge on any atom is 0.274 e. The smallest absolute Gasteiger partial charge is 0.274 e. The van der Waals surface area contributed by atoms with Gasteiger partial charge in [-0.3, -0.25) is 19.1 Å². The van der Waals surface area contributed by atoms with Crippen LogP contribution < -0.4 is 11.1 Å². The topological polar surface area (TPSA) is 114 Å². The molecule has 1 saturated heterocycles. The lowest BCUT2D eigenvalue weighted by Gasteiger charge is -2.29. The van der Waals surface area contributed by atoms with Crippen LogP contribution in [0.4, 0.5) is 8.78 Å². The number of carbonyl (C=O) groups is 3. The van der Waals surface area contributed by atoms with Crippen molar-refractivity contribution < 1.29 is 23.2 Å². The Bertz CT molecular complexity index is 1390. The lowest BCUT2D eigenvalue weighted by atomic mass is 9.92. The Morgan fingerprint density at radius 2 is 1.59 bits per heavy atom. The Morgan fingerprint density at radius 3 is 2.18 bits per heavy atom. The summed E-state index contributed by atoms with van der Waals surface area (Å²) in [6, 6.07) is 11.5. The van der Waals surface area contributed by atoms with E-state index in [0.717, 1.165) is 28.2 Å². The number of carbonyl (C=O) groups excluding carboxylic acids is 3. The van der Waals surface area contributed by atoms with Crippen molar-refractivity contribution in [3.8, 4) is 0 Å². The van der Waals surface area contributed by atoms with Crippen molar-refractivity contribution in [1.82, 2.24) is 24.9 Å². The molecule has 1 atom stereocenters. The molecule has 0 radical (unpaired) electrons. The standard InChI is InChI=1S/C28H32F2N6O3/c1-28(2,3)23-14-22(34(4)33-23)27(39)36-9-8-35(26(38)19-11-20(29)13-21(30)12-19)25(36)24(37)32-16-18-7-5-6-17(10-18)15-31/h5-7,10-14,25H,8-9,15-16,31H2,1-4H3,(H,32,37). The highest BCUT2D eigenvalue weighted by Gasteiger charge is 2.44. The van der Waals surface area contributed by atoms with E-state index in [-0.39, 0.29) is 36.3 Å². The number of aryl methyl sites for hydroxylation is 1. The molecule has 206 valence electrons. The molecule has 2 aromatic carbocycles. The highest BCUT2D eigenvalue weighted by Crippen LogP contribution is 2.25. The molecular weight excluding hydrogens is 506 g/mol. The van der Waals surface area contributed by atoms with Crippen molar-refractivity contribution in [2.75, 3.05) is 13.1 Å². The lowest BCUT2D eigenvalue weighted by molar-refractivity contribution is -0.128. The molecule has 0 bridgehead atoms. The van der Waals surface area contributed by atoms with E-state index < -0.39 is 35.5 Å². The Morgan fingerprint density at radius 1 is 0.974 bits per heavy atom. The van der Waals surface area contributed by atoms with E-state index in [4.69, 9.17) is 5.73 Å². The van der Waals surface area contributed by atoms with Gasteiger partial charge in [-0.05, 0) is 29.3 Å². The quantitative estimate of drug-likeness (QED) is 0.501. The van der Waals surface area contributed by atoms with Crippen LogP contribution in [0.1, 0.15) is 58.4 Å². The van der Waals surface area contributed by atoms with E-state index in [1.54, 1.807) is 13.1 Å². The molecule has 3 aromatic rings. The van der Waals surface area contributed by atoms with Crippen LogP contribution in [0, 0.1) is 11.6 Å². The molecule has 3 N–H and O–H groups in total. The van der Waals surface area contributed by atoms with Crippen LogP contribution >= 0.6 is 0 Å². The average molecular weight is 539 g/mol. The van der Waals surface area contributed by atoms with Crippen molar-refractivity contribution in [2.24, 2.45) is 12.8 Å². The molecule has 0 spiro atoms. The van der Waals surface area contributed by atoms with Gasteiger partial charge in [0.25, 0.3) is 17.7 Å². The van der Waals surface area contributed by atoms with Gasteiger partial charge in [0, 0.05) is 50.3 Å². The first-order valence-corrected chi connectivity index (χ1v) is 12.6. The van der Waals surface area contributed by atoms with E-state index in [0.29, 0.717) is 18.3 Å². The van der Waals surface area contributed by atoms with E-state index >= 15 is 0 Å². The van der Waals surface area contributed by atoms with Gasteiger partial charge in [0.05, 0.1) is 5.69 Å². The van der Waals surface area contributed by atoms with Crippen molar-refractivity contribution >= 4 is 17.7 Å². The number of rotatable bonds is 6. The number of hydrogen-bond donors (Lipinski definition) is 2. The van der Waals surface area contributed by atoms with Crippen LogP contribution in [0.2, 0.25) is 0 Å². The molecule has 1 fully saturated rings. The number of halogens is 2. The molecule has 39 heavy (non-hydrogen) atoms. The minimum absolute atomic E-state index is 0.00652. The van der Waals surface area contributed by atoms with Gasteiger partial charge in [-0.15, -0.1) is 0 Å². The zero-order chi connectivity index (χ0) is 28.5. The minimum atomic E-state index is -1.35. The second-order valence-electron chi connectivity index (χ2n) is 10.6. The monoisotopic (exact) mass is 538 g/mol. The minimum Gasteiger partial charge on any atom is -0.349 e. The average Bonchev–Trinajstić information content (AvgIpc) is 3.50. The summed E-state index contributed by atoms with van der Waals surface area (Å²) in [6.45, 7) is 6.39. The Hall–Kier alpha value is -4.12. The molecule has 11 heteroatoms. The summed E-state index contributed by atoms with van der Waals surface area (Å²) in [5.74, 6) is -3.71. The third-order valence-electron chi connectivity index (χ3n) is 6.60. The molecule has 1 aliphatic heterocycles. The number of hydrogen-bond acceptors (Lipinski definition) is 5. The highest BCUT2D eigenvalue weighted by atomic mass is 19.1. The summed E-state index contributed by atoms with van der Waals surface area (Å²) in [4.78, 5) is 43.1. The fourth-order valence-electron chi connectivity index (χ4n) is 4.51. The molecule has 2 heterocycles. The summed E-state index contributed by atoms with van der Waals surface area (Å²) in [7, 11) is 1.64. The SMILES string of the molecule is Cn1nc(C(C)(C)C)cc1C(=O)N1CCN(C(=O)c2cc(F)cc(F)c2)C1C(=O)NCc1cccc(CN)c1. The first kappa shape index (κ1) is 27.9. The zero-order valence-corrected chi connectivity index (χ0v) is 22.4. The van der Waals surface area contributed by atoms with Crippen LogP contribution in [0.5, 0.6) is 0 Å². The van der Waals surface area contributed by atoms with Crippen LogP contribution in [-0.4, -0.2) is 56.6 Å². The van der Waals surface area contributed by atoms with Gasteiger partial charge in [0.1, 0.15) is 17.3 Å². The highest BCUT2D eigenvalue weighted by molar-refractivity contribution is 6.01. The number of benzene rings is 2. The third kappa shape index (κ3) is 5.98. The molecule has 9 nitrogen and oxygen atoms in total. The van der Waals surface area contributed by atoms with Gasteiger partial charge in [-0.2, -0.15) is 5.10 Å². The predicted molar refractivity (Wildman–Crippen MR) is 140 cm³/mol. The van der Waals surface area contributed by atoms with Gasteiger partial charge < -0.3 is 20.9 Å². The van der Waals surface area contributed by atoms with E-state index in [2.05, 4.69) is 10.4 Å². The van der Waals surface area contributed by atoms with Gasteiger partial charge >= 0.3 is 0 Å². The maximum absolute atomic E-state index is 13.9. The van der Waals surface area contributed by atoms with Gasteiger partial charge in [0.15, 0.2) is 6.17 Å². The summed E-state index contributed by atoms with van der Waals surface area (Å²) in [5, 5.41) is 7.25. The van der Waals surface area contributed by atoms with Crippen molar-refractivity contribution in [3.63, 3.8) is 0 Å². The fourth-order valence-corrected chi connectivity index (χ4v) is 4.51. The Labute approximate surface area is 225 Å².